The molecule has 1 rings (SSSR count). The number of nitrogens with zero attached hydrogens (tertiary/aromatic N) is 3. The van der Waals surface area contributed by atoms with Gasteiger partial charge in [0.15, 0.2) is 0 Å². The predicted octanol–water partition coefficient (Wildman–Crippen LogP) is 2.65. The van der Waals surface area contributed by atoms with Crippen molar-refractivity contribution < 1.29 is 4.74 Å². The van der Waals surface area contributed by atoms with Crippen LogP contribution >= 0.6 is 11.8 Å². The summed E-state index contributed by atoms with van der Waals surface area (Å²) in [6, 6.07) is 0.345. The van der Waals surface area contributed by atoms with E-state index in [0.717, 1.165) is 19.4 Å². The van der Waals surface area contributed by atoms with Crippen molar-refractivity contribution in [3.63, 3.8) is 0 Å². The van der Waals surface area contributed by atoms with Gasteiger partial charge < -0.3 is 15.4 Å². The largest absolute Gasteiger partial charge is 0.464 e. The highest BCUT2D eigenvalue weighted by atomic mass is 32.2. The molecule has 0 fully saturated rings. The summed E-state index contributed by atoms with van der Waals surface area (Å²) in [5.41, 5.74) is 0. The molecule has 0 amide bonds. The molecule has 0 aliphatic carbocycles. The van der Waals surface area contributed by atoms with Gasteiger partial charge in [0.1, 0.15) is 0 Å². The zero-order valence-corrected chi connectivity index (χ0v) is 13.8. The summed E-state index contributed by atoms with van der Waals surface area (Å²) in [5.74, 6) is 1.06. The van der Waals surface area contributed by atoms with Gasteiger partial charge in [-0.2, -0.15) is 26.7 Å². The van der Waals surface area contributed by atoms with Gasteiger partial charge in [-0.25, -0.2) is 0 Å². The van der Waals surface area contributed by atoms with E-state index in [1.54, 1.807) is 7.05 Å². The molecule has 0 aliphatic heterocycles. The molecule has 6 nitrogen and oxygen atoms in total. The van der Waals surface area contributed by atoms with E-state index in [1.807, 2.05) is 18.7 Å². The summed E-state index contributed by atoms with van der Waals surface area (Å²) in [6.45, 7) is 7.67. The Balaban J connectivity index is 2.83. The highest BCUT2D eigenvalue weighted by Crippen LogP contribution is 2.30. The fraction of sp³-hybridized carbons (Fsp3) is 0.769. The van der Waals surface area contributed by atoms with Gasteiger partial charge in [0.05, 0.1) is 6.61 Å². The maximum Gasteiger partial charge on any atom is 0.323 e. The van der Waals surface area contributed by atoms with Crippen LogP contribution in [-0.2, 0) is 0 Å². The lowest BCUT2D eigenvalue weighted by Gasteiger charge is -2.29. The van der Waals surface area contributed by atoms with Crippen LogP contribution in [0.1, 0.15) is 33.6 Å². The number of aromatic nitrogens is 3. The van der Waals surface area contributed by atoms with E-state index in [4.69, 9.17) is 4.74 Å². The zero-order chi connectivity index (χ0) is 15.0. The van der Waals surface area contributed by atoms with Crippen LogP contribution < -0.4 is 15.4 Å². The van der Waals surface area contributed by atoms with Crippen LogP contribution in [0.15, 0.2) is 0 Å². The molecule has 0 atom stereocenters. The molecule has 0 bridgehead atoms. The summed E-state index contributed by atoms with van der Waals surface area (Å²) >= 11 is 1.88. The van der Waals surface area contributed by atoms with Crippen molar-refractivity contribution in [3.8, 4) is 6.01 Å². The summed E-state index contributed by atoms with van der Waals surface area (Å²) in [6.07, 6.45) is 4.34. The minimum absolute atomic E-state index is 0.207. The highest BCUT2D eigenvalue weighted by Gasteiger charge is 2.25. The Morgan fingerprint density at radius 2 is 1.75 bits per heavy atom. The summed E-state index contributed by atoms with van der Waals surface area (Å²) in [4.78, 5) is 12.7. The molecule has 0 saturated carbocycles. The molecule has 0 aliphatic rings. The lowest BCUT2D eigenvalue weighted by Crippen LogP contribution is -2.32. The molecule has 0 unspecified atom stereocenters. The molecule has 2 N–H and O–H groups in total. The molecule has 1 aromatic heterocycles. The first-order chi connectivity index (χ1) is 9.62. The van der Waals surface area contributed by atoms with Crippen molar-refractivity contribution in [2.45, 2.75) is 38.4 Å². The van der Waals surface area contributed by atoms with Gasteiger partial charge in [-0.05, 0) is 26.0 Å². The third-order valence-corrected chi connectivity index (χ3v) is 4.99. The van der Waals surface area contributed by atoms with Crippen LogP contribution in [0.4, 0.5) is 11.9 Å². The Kier molecular flexibility index (Phi) is 6.84. The second kappa shape index (κ2) is 8.14. The molecular weight excluding hydrogens is 274 g/mol. The Hall–Kier alpha value is -1.24. The lowest BCUT2D eigenvalue weighted by atomic mass is 10.0. The van der Waals surface area contributed by atoms with E-state index < -0.39 is 0 Å². The topological polar surface area (TPSA) is 72.0 Å². The molecule has 0 radical (unpaired) electrons. The summed E-state index contributed by atoms with van der Waals surface area (Å²) < 4.78 is 5.56. The molecule has 7 heteroatoms. The van der Waals surface area contributed by atoms with E-state index >= 15 is 0 Å². The quantitative estimate of drug-likeness (QED) is 0.726. The third kappa shape index (κ3) is 4.40. The fourth-order valence-corrected chi connectivity index (χ4v) is 2.64. The normalized spacial score (nSPS) is 11.2. The highest BCUT2D eigenvalue weighted by molar-refractivity contribution is 8.00. The monoisotopic (exact) mass is 299 g/mol. The van der Waals surface area contributed by atoms with Crippen LogP contribution in [0.25, 0.3) is 0 Å². The van der Waals surface area contributed by atoms with Crippen LogP contribution in [0, 0.1) is 0 Å². The van der Waals surface area contributed by atoms with Crippen molar-refractivity contribution in [1.82, 2.24) is 15.0 Å². The van der Waals surface area contributed by atoms with E-state index in [-0.39, 0.29) is 4.75 Å². The molecule has 0 aromatic carbocycles. The maximum absolute atomic E-state index is 5.35. The first kappa shape index (κ1) is 16.8. The van der Waals surface area contributed by atoms with E-state index in [9.17, 15) is 0 Å². The van der Waals surface area contributed by atoms with Crippen LogP contribution in [0.3, 0.4) is 0 Å². The van der Waals surface area contributed by atoms with Crippen molar-refractivity contribution in [2.75, 3.05) is 37.1 Å². The molecule has 20 heavy (non-hydrogen) atoms. The van der Waals surface area contributed by atoms with Gasteiger partial charge in [0.2, 0.25) is 11.9 Å². The average Bonchev–Trinajstić information content (AvgIpc) is 2.49. The Labute approximate surface area is 125 Å². The van der Waals surface area contributed by atoms with Gasteiger partial charge >= 0.3 is 6.01 Å². The molecule has 0 saturated heterocycles. The van der Waals surface area contributed by atoms with Crippen molar-refractivity contribution in [1.29, 1.82) is 0 Å². The number of anilines is 2. The van der Waals surface area contributed by atoms with E-state index in [1.165, 1.54) is 0 Å². The Bertz CT molecular complexity index is 403. The zero-order valence-electron chi connectivity index (χ0n) is 13.0. The third-order valence-electron chi connectivity index (χ3n) is 3.40. The molecule has 1 heterocycles. The minimum atomic E-state index is 0.207. The first-order valence-corrected chi connectivity index (χ1v) is 8.21. The lowest BCUT2D eigenvalue weighted by molar-refractivity contribution is 0.312. The van der Waals surface area contributed by atoms with Crippen LogP contribution in [0.2, 0.25) is 0 Å². The van der Waals surface area contributed by atoms with Crippen molar-refractivity contribution in [3.05, 3.63) is 0 Å². The number of hydrogen-bond donors (Lipinski definition) is 2. The van der Waals surface area contributed by atoms with Gasteiger partial charge in [0, 0.05) is 18.3 Å². The molecule has 114 valence electrons. The Morgan fingerprint density at radius 1 is 1.10 bits per heavy atom. The van der Waals surface area contributed by atoms with Gasteiger partial charge in [-0.15, -0.1) is 0 Å². The number of nitrogens with one attached hydrogen (secondary N) is 2. The van der Waals surface area contributed by atoms with Gasteiger partial charge in [0.25, 0.3) is 0 Å². The van der Waals surface area contributed by atoms with Gasteiger partial charge in [-0.1, -0.05) is 13.8 Å². The average molecular weight is 299 g/mol. The molecule has 0 spiro atoms. The number of hydrogen-bond acceptors (Lipinski definition) is 7. The summed E-state index contributed by atoms with van der Waals surface area (Å²) in [5, 5.41) is 6.23. The van der Waals surface area contributed by atoms with Crippen LogP contribution in [-0.4, -0.2) is 46.2 Å². The Morgan fingerprint density at radius 3 is 2.25 bits per heavy atom. The van der Waals surface area contributed by atoms with E-state index in [2.05, 4.69) is 45.7 Å². The van der Waals surface area contributed by atoms with Crippen LogP contribution in [0.5, 0.6) is 6.01 Å². The van der Waals surface area contributed by atoms with Gasteiger partial charge in [-0.3, -0.25) is 0 Å². The second-order valence-electron chi connectivity index (χ2n) is 4.40. The molecular formula is C13H25N5OS. The second-order valence-corrected chi connectivity index (χ2v) is 5.67. The standard InChI is InChI=1S/C13H25N5OS/c1-6-13(7-2,20-5)9-15-11-16-10(14-4)17-12(18-11)19-8-3/h6-9H2,1-5H3,(H2,14,15,16,17,18). The fourth-order valence-electron chi connectivity index (χ4n) is 1.84. The first-order valence-electron chi connectivity index (χ1n) is 6.98. The minimum Gasteiger partial charge on any atom is -0.464 e. The summed E-state index contributed by atoms with van der Waals surface area (Å²) in [7, 11) is 1.78. The SMILES string of the molecule is CCOc1nc(NC)nc(NCC(CC)(CC)SC)n1. The number of rotatable bonds is 9. The number of ether oxygens (including phenoxy) is 1. The molecule has 1 aromatic rings. The maximum atomic E-state index is 5.35. The predicted molar refractivity (Wildman–Crippen MR) is 85.9 cm³/mol. The van der Waals surface area contributed by atoms with Crippen molar-refractivity contribution >= 4 is 23.7 Å². The smallest absolute Gasteiger partial charge is 0.323 e. The van der Waals surface area contributed by atoms with Crippen molar-refractivity contribution in [2.24, 2.45) is 0 Å². The van der Waals surface area contributed by atoms with E-state index in [0.29, 0.717) is 24.5 Å². The number of thioether (sulfide) groups is 1.